The standard InChI is InChI=1S/C46H31NO/c1-2-8-32(9-3-1)34-16-23-40(24-17-34)47(41-25-18-35(19-26-41)38-15-14-33-10-4-5-11-37(33)30-38)42-27-20-36(21-28-42)39-22-29-46-44(31-39)43-12-6-7-13-45(43)48-46/h1-31H. The van der Waals surface area contributed by atoms with Crippen LogP contribution in [-0.4, -0.2) is 0 Å². The fourth-order valence-corrected chi connectivity index (χ4v) is 6.76. The minimum atomic E-state index is 0.911. The fraction of sp³-hybridized carbons (Fsp3) is 0. The topological polar surface area (TPSA) is 16.4 Å². The number of rotatable bonds is 6. The lowest BCUT2D eigenvalue weighted by Gasteiger charge is -2.26. The van der Waals surface area contributed by atoms with Crippen LogP contribution in [-0.2, 0) is 0 Å². The molecule has 1 heterocycles. The SMILES string of the molecule is c1ccc(-c2ccc(N(c3ccc(-c4ccc5ccccc5c4)cc3)c3ccc(-c4ccc5oc6ccccc6c5c4)cc3)cc2)cc1. The molecule has 0 saturated carbocycles. The molecule has 2 nitrogen and oxygen atoms in total. The zero-order valence-electron chi connectivity index (χ0n) is 26.3. The summed E-state index contributed by atoms with van der Waals surface area (Å²) in [5.74, 6) is 0. The zero-order valence-corrected chi connectivity index (χ0v) is 26.3. The summed E-state index contributed by atoms with van der Waals surface area (Å²) >= 11 is 0. The van der Waals surface area contributed by atoms with Gasteiger partial charge in [-0.1, -0.05) is 127 Å². The molecular formula is C46H31NO. The monoisotopic (exact) mass is 613 g/mol. The van der Waals surface area contributed by atoms with Crippen LogP contribution in [0.4, 0.5) is 17.1 Å². The Labute approximate surface area is 279 Å². The highest BCUT2D eigenvalue weighted by Crippen LogP contribution is 2.39. The smallest absolute Gasteiger partial charge is 0.135 e. The van der Waals surface area contributed by atoms with E-state index in [1.54, 1.807) is 0 Å². The third-order valence-corrected chi connectivity index (χ3v) is 9.28. The van der Waals surface area contributed by atoms with Crippen molar-refractivity contribution in [3.63, 3.8) is 0 Å². The second kappa shape index (κ2) is 11.8. The maximum absolute atomic E-state index is 6.08. The van der Waals surface area contributed by atoms with E-state index in [1.807, 2.05) is 12.1 Å². The molecule has 9 aromatic rings. The van der Waals surface area contributed by atoms with E-state index in [9.17, 15) is 0 Å². The van der Waals surface area contributed by atoms with Gasteiger partial charge in [0.15, 0.2) is 0 Å². The average molecular weight is 614 g/mol. The van der Waals surface area contributed by atoms with Gasteiger partial charge in [-0.3, -0.25) is 0 Å². The molecule has 0 fully saturated rings. The van der Waals surface area contributed by atoms with Gasteiger partial charge in [-0.25, -0.2) is 0 Å². The Kier molecular flexibility index (Phi) is 6.84. The molecule has 8 aromatic carbocycles. The van der Waals surface area contributed by atoms with Crippen LogP contribution in [0, 0.1) is 0 Å². The molecule has 0 aliphatic rings. The van der Waals surface area contributed by atoms with Crippen LogP contribution in [0.25, 0.3) is 66.1 Å². The second-order valence-electron chi connectivity index (χ2n) is 12.2. The molecule has 0 saturated heterocycles. The molecule has 0 aliphatic heterocycles. The normalized spacial score (nSPS) is 11.3. The van der Waals surface area contributed by atoms with Crippen molar-refractivity contribution in [1.82, 2.24) is 0 Å². The predicted octanol–water partition coefficient (Wildman–Crippen LogP) is 13.2. The molecule has 0 spiro atoms. The van der Waals surface area contributed by atoms with Gasteiger partial charge in [0.1, 0.15) is 11.2 Å². The Balaban J connectivity index is 1.09. The minimum absolute atomic E-state index is 0.911. The molecule has 48 heavy (non-hydrogen) atoms. The van der Waals surface area contributed by atoms with Gasteiger partial charge < -0.3 is 9.32 Å². The largest absolute Gasteiger partial charge is 0.456 e. The fourth-order valence-electron chi connectivity index (χ4n) is 6.76. The van der Waals surface area contributed by atoms with E-state index < -0.39 is 0 Å². The summed E-state index contributed by atoms with van der Waals surface area (Å²) in [6.07, 6.45) is 0. The molecule has 0 bridgehead atoms. The summed E-state index contributed by atoms with van der Waals surface area (Å²) in [6, 6.07) is 67.0. The first-order valence-corrected chi connectivity index (χ1v) is 16.3. The number of furan rings is 1. The van der Waals surface area contributed by atoms with Gasteiger partial charge in [0.05, 0.1) is 0 Å². The summed E-state index contributed by atoms with van der Waals surface area (Å²) in [7, 11) is 0. The highest BCUT2D eigenvalue weighted by Gasteiger charge is 2.15. The molecule has 0 atom stereocenters. The number of hydrogen-bond donors (Lipinski definition) is 0. The van der Waals surface area contributed by atoms with E-state index in [-0.39, 0.29) is 0 Å². The maximum atomic E-state index is 6.08. The van der Waals surface area contributed by atoms with Gasteiger partial charge in [0.2, 0.25) is 0 Å². The summed E-state index contributed by atoms with van der Waals surface area (Å²) in [5, 5.41) is 4.78. The first-order valence-electron chi connectivity index (χ1n) is 16.3. The molecule has 9 rings (SSSR count). The maximum Gasteiger partial charge on any atom is 0.135 e. The summed E-state index contributed by atoms with van der Waals surface area (Å²) in [6.45, 7) is 0. The van der Waals surface area contributed by atoms with Crippen LogP contribution >= 0.6 is 0 Å². The van der Waals surface area contributed by atoms with Crippen molar-refractivity contribution in [2.24, 2.45) is 0 Å². The van der Waals surface area contributed by atoms with E-state index in [1.165, 1.54) is 38.6 Å². The Hall–Kier alpha value is -6.38. The third-order valence-electron chi connectivity index (χ3n) is 9.28. The number of fused-ring (bicyclic) bond motifs is 4. The number of nitrogens with zero attached hydrogens (tertiary/aromatic N) is 1. The molecule has 0 unspecified atom stereocenters. The van der Waals surface area contributed by atoms with Crippen LogP contribution in [0.15, 0.2) is 192 Å². The van der Waals surface area contributed by atoms with Crippen molar-refractivity contribution in [3.05, 3.63) is 188 Å². The van der Waals surface area contributed by atoms with E-state index in [2.05, 4.69) is 181 Å². The molecule has 0 aliphatic carbocycles. The predicted molar refractivity (Wildman–Crippen MR) is 202 cm³/mol. The van der Waals surface area contributed by atoms with Crippen molar-refractivity contribution in [1.29, 1.82) is 0 Å². The van der Waals surface area contributed by atoms with Crippen molar-refractivity contribution in [2.75, 3.05) is 4.90 Å². The van der Waals surface area contributed by atoms with Crippen LogP contribution in [0.5, 0.6) is 0 Å². The molecule has 226 valence electrons. The Bertz CT molecular complexity index is 2530. The first-order chi connectivity index (χ1) is 23.8. The van der Waals surface area contributed by atoms with Crippen molar-refractivity contribution < 1.29 is 4.42 Å². The van der Waals surface area contributed by atoms with Crippen LogP contribution in [0.3, 0.4) is 0 Å². The van der Waals surface area contributed by atoms with E-state index in [4.69, 9.17) is 4.42 Å². The number of anilines is 3. The summed E-state index contributed by atoms with van der Waals surface area (Å²) < 4.78 is 6.08. The van der Waals surface area contributed by atoms with Gasteiger partial charge in [0, 0.05) is 27.8 Å². The van der Waals surface area contributed by atoms with Gasteiger partial charge in [0.25, 0.3) is 0 Å². The van der Waals surface area contributed by atoms with Crippen LogP contribution in [0.1, 0.15) is 0 Å². The third kappa shape index (κ3) is 5.10. The molecular weight excluding hydrogens is 583 g/mol. The zero-order chi connectivity index (χ0) is 31.9. The van der Waals surface area contributed by atoms with Crippen molar-refractivity contribution >= 4 is 49.8 Å². The van der Waals surface area contributed by atoms with Gasteiger partial charge in [-0.15, -0.1) is 0 Å². The molecule has 2 heteroatoms. The van der Waals surface area contributed by atoms with Gasteiger partial charge in [-0.05, 0) is 105 Å². The molecule has 0 radical (unpaired) electrons. The van der Waals surface area contributed by atoms with E-state index >= 15 is 0 Å². The second-order valence-corrected chi connectivity index (χ2v) is 12.2. The lowest BCUT2D eigenvalue weighted by molar-refractivity contribution is 0.669. The van der Waals surface area contributed by atoms with Crippen LogP contribution < -0.4 is 4.90 Å². The Morgan fingerprint density at radius 1 is 0.292 bits per heavy atom. The number of benzene rings is 8. The number of para-hydroxylation sites is 1. The Morgan fingerprint density at radius 3 is 1.42 bits per heavy atom. The summed E-state index contributed by atoms with van der Waals surface area (Å²) in [4.78, 5) is 2.33. The lowest BCUT2D eigenvalue weighted by atomic mass is 10.0. The van der Waals surface area contributed by atoms with Gasteiger partial charge >= 0.3 is 0 Å². The Morgan fingerprint density at radius 2 is 0.750 bits per heavy atom. The summed E-state index contributed by atoms with van der Waals surface area (Å²) in [5.41, 5.74) is 12.3. The van der Waals surface area contributed by atoms with Gasteiger partial charge in [-0.2, -0.15) is 0 Å². The number of hydrogen-bond acceptors (Lipinski definition) is 2. The quantitative estimate of drug-likeness (QED) is 0.185. The van der Waals surface area contributed by atoms with Crippen molar-refractivity contribution in [2.45, 2.75) is 0 Å². The van der Waals surface area contributed by atoms with Crippen LogP contribution in [0.2, 0.25) is 0 Å². The minimum Gasteiger partial charge on any atom is -0.456 e. The molecule has 0 amide bonds. The highest BCUT2D eigenvalue weighted by atomic mass is 16.3. The highest BCUT2D eigenvalue weighted by molar-refractivity contribution is 6.06. The molecule has 1 aromatic heterocycles. The van der Waals surface area contributed by atoms with Crippen molar-refractivity contribution in [3.8, 4) is 33.4 Å². The van der Waals surface area contributed by atoms with E-state index in [0.29, 0.717) is 0 Å². The average Bonchev–Trinajstić information content (AvgIpc) is 3.54. The molecule has 0 N–H and O–H groups in total. The van der Waals surface area contributed by atoms with E-state index in [0.717, 1.165) is 44.6 Å². The first kappa shape index (κ1) is 27.9. The lowest BCUT2D eigenvalue weighted by Crippen LogP contribution is -2.09.